The van der Waals surface area contributed by atoms with Crippen LogP contribution in [0, 0.1) is 0 Å². The number of aliphatic imine (C=N–C) groups is 2. The van der Waals surface area contributed by atoms with E-state index in [1.165, 1.54) is 0 Å². The van der Waals surface area contributed by atoms with Crippen molar-refractivity contribution in [1.29, 1.82) is 0 Å². The Bertz CT molecular complexity index is 432. The van der Waals surface area contributed by atoms with Gasteiger partial charge >= 0.3 is 6.03 Å². The van der Waals surface area contributed by atoms with Crippen LogP contribution >= 0.6 is 11.6 Å². The number of rotatable bonds is 1. The van der Waals surface area contributed by atoms with Crippen molar-refractivity contribution >= 4 is 28.8 Å². The standard InChI is InChI=1S/C10H14ClN5O2/c1-14-7-6-12-9(11)13-8(7)16(10(14)17)15-2-4-18-5-3-15/h7H,2-6H2,1H3. The molecule has 18 heavy (non-hydrogen) atoms. The van der Waals surface area contributed by atoms with Crippen LogP contribution in [-0.4, -0.2) is 78.0 Å². The molecule has 3 aliphatic heterocycles. The third-order valence-corrected chi connectivity index (χ3v) is 3.54. The normalized spacial score (nSPS) is 29.2. The lowest BCUT2D eigenvalue weighted by atomic mass is 10.2. The molecule has 2 saturated heterocycles. The number of hydrogen-bond donors (Lipinski definition) is 0. The fourth-order valence-corrected chi connectivity index (χ4v) is 2.49. The molecule has 98 valence electrons. The minimum Gasteiger partial charge on any atom is -0.379 e. The first-order chi connectivity index (χ1) is 8.68. The first-order valence-corrected chi connectivity index (χ1v) is 6.24. The number of likely N-dealkylation sites (N-methyl/N-ethyl adjacent to an activating group) is 1. The van der Waals surface area contributed by atoms with Gasteiger partial charge in [-0.1, -0.05) is 0 Å². The summed E-state index contributed by atoms with van der Waals surface area (Å²) in [5, 5.41) is 3.78. The van der Waals surface area contributed by atoms with E-state index in [9.17, 15) is 4.79 Å². The van der Waals surface area contributed by atoms with Gasteiger partial charge in [-0.05, 0) is 11.6 Å². The summed E-state index contributed by atoms with van der Waals surface area (Å²) in [6.07, 6.45) is 0. The van der Waals surface area contributed by atoms with Crippen molar-refractivity contribution < 1.29 is 9.53 Å². The second-order valence-electron chi connectivity index (χ2n) is 4.37. The van der Waals surface area contributed by atoms with Gasteiger partial charge in [0.1, 0.15) is 6.04 Å². The van der Waals surface area contributed by atoms with Crippen molar-refractivity contribution in [3.8, 4) is 0 Å². The Hall–Kier alpha value is -1.18. The number of carbonyl (C=O) groups is 1. The largest absolute Gasteiger partial charge is 0.379 e. The Morgan fingerprint density at radius 3 is 2.83 bits per heavy atom. The van der Waals surface area contributed by atoms with Crippen LogP contribution in [0.4, 0.5) is 4.79 Å². The second kappa shape index (κ2) is 4.49. The van der Waals surface area contributed by atoms with E-state index in [-0.39, 0.29) is 17.4 Å². The molecule has 0 aromatic carbocycles. The maximum atomic E-state index is 12.3. The highest BCUT2D eigenvalue weighted by molar-refractivity contribution is 6.66. The van der Waals surface area contributed by atoms with E-state index in [2.05, 4.69) is 9.98 Å². The number of fused-ring (bicyclic) bond motifs is 1. The molecule has 1 unspecified atom stereocenters. The van der Waals surface area contributed by atoms with Crippen molar-refractivity contribution in [2.75, 3.05) is 39.9 Å². The van der Waals surface area contributed by atoms with Gasteiger partial charge in [0.2, 0.25) is 5.29 Å². The molecule has 0 N–H and O–H groups in total. The number of hydrazine groups is 1. The van der Waals surface area contributed by atoms with Crippen molar-refractivity contribution in [2.45, 2.75) is 6.04 Å². The summed E-state index contributed by atoms with van der Waals surface area (Å²) in [5.41, 5.74) is 0. The molecule has 0 saturated carbocycles. The molecule has 0 spiro atoms. The van der Waals surface area contributed by atoms with Crippen LogP contribution in [0.1, 0.15) is 0 Å². The van der Waals surface area contributed by atoms with Gasteiger partial charge in [0.25, 0.3) is 0 Å². The van der Waals surface area contributed by atoms with Gasteiger partial charge in [-0.25, -0.2) is 19.8 Å². The van der Waals surface area contributed by atoms with Gasteiger partial charge in [0, 0.05) is 20.1 Å². The average molecular weight is 272 g/mol. The maximum Gasteiger partial charge on any atom is 0.340 e. The monoisotopic (exact) mass is 271 g/mol. The topological polar surface area (TPSA) is 60.7 Å². The van der Waals surface area contributed by atoms with E-state index in [4.69, 9.17) is 16.3 Å². The smallest absolute Gasteiger partial charge is 0.340 e. The number of hydrogen-bond acceptors (Lipinski definition) is 5. The minimum atomic E-state index is -0.108. The molecule has 8 heteroatoms. The first-order valence-electron chi connectivity index (χ1n) is 5.86. The predicted octanol–water partition coefficient (Wildman–Crippen LogP) is -0.0235. The Labute approximate surface area is 110 Å². The molecule has 0 aromatic rings. The molecule has 0 bridgehead atoms. The SMILES string of the molecule is CN1C(=O)N(N2CCOCC2)C2=NC(Cl)=NCC21. The number of nitrogens with zero attached hydrogens (tertiary/aromatic N) is 5. The van der Waals surface area contributed by atoms with E-state index < -0.39 is 0 Å². The summed E-state index contributed by atoms with van der Waals surface area (Å²) in [5.74, 6) is 0.671. The predicted molar refractivity (Wildman–Crippen MR) is 66.8 cm³/mol. The van der Waals surface area contributed by atoms with Crippen LogP contribution in [0.2, 0.25) is 0 Å². The molecule has 3 aliphatic rings. The summed E-state index contributed by atoms with van der Waals surface area (Å²) in [4.78, 5) is 22.2. The van der Waals surface area contributed by atoms with Gasteiger partial charge in [0.15, 0.2) is 5.84 Å². The molecule has 2 fully saturated rings. The van der Waals surface area contributed by atoms with Crippen molar-refractivity contribution in [3.05, 3.63) is 0 Å². The lowest BCUT2D eigenvalue weighted by Crippen LogP contribution is -2.52. The van der Waals surface area contributed by atoms with Crippen molar-refractivity contribution in [1.82, 2.24) is 14.9 Å². The maximum absolute atomic E-state index is 12.3. The van der Waals surface area contributed by atoms with Crippen LogP contribution in [0.3, 0.4) is 0 Å². The summed E-state index contributed by atoms with van der Waals surface area (Å²) >= 11 is 5.85. The van der Waals surface area contributed by atoms with Gasteiger partial charge < -0.3 is 9.64 Å². The molecular weight excluding hydrogens is 258 g/mol. The fraction of sp³-hybridized carbons (Fsp3) is 0.700. The third-order valence-electron chi connectivity index (χ3n) is 3.34. The highest BCUT2D eigenvalue weighted by Crippen LogP contribution is 2.23. The van der Waals surface area contributed by atoms with Gasteiger partial charge in [-0.2, -0.15) is 0 Å². The molecule has 0 radical (unpaired) electrons. The number of morpholine rings is 1. The number of urea groups is 1. The molecule has 0 aromatic heterocycles. The molecule has 1 atom stereocenters. The second-order valence-corrected chi connectivity index (χ2v) is 4.70. The molecule has 3 heterocycles. The lowest BCUT2D eigenvalue weighted by Gasteiger charge is -2.34. The molecule has 2 amide bonds. The van der Waals surface area contributed by atoms with Crippen molar-refractivity contribution in [2.24, 2.45) is 9.98 Å². The number of halogens is 1. The van der Waals surface area contributed by atoms with E-state index in [1.54, 1.807) is 17.0 Å². The van der Waals surface area contributed by atoms with Crippen LogP contribution in [0.15, 0.2) is 9.98 Å². The number of carbonyl (C=O) groups excluding carboxylic acids is 1. The highest BCUT2D eigenvalue weighted by Gasteiger charge is 2.45. The van der Waals surface area contributed by atoms with Crippen LogP contribution in [-0.2, 0) is 4.74 Å². The Balaban J connectivity index is 1.91. The molecule has 0 aliphatic carbocycles. The Kier molecular flexibility index (Phi) is 2.96. The number of ether oxygens (including phenoxy) is 1. The average Bonchev–Trinajstić information content (AvgIpc) is 2.63. The van der Waals surface area contributed by atoms with Gasteiger partial charge in [-0.3, -0.25) is 4.99 Å². The Morgan fingerprint density at radius 2 is 2.11 bits per heavy atom. The summed E-state index contributed by atoms with van der Waals surface area (Å²) in [6, 6.07) is -0.190. The van der Waals surface area contributed by atoms with Gasteiger partial charge in [-0.15, -0.1) is 0 Å². The zero-order chi connectivity index (χ0) is 12.7. The highest BCUT2D eigenvalue weighted by atomic mass is 35.5. The summed E-state index contributed by atoms with van der Waals surface area (Å²) in [7, 11) is 1.76. The lowest BCUT2D eigenvalue weighted by molar-refractivity contribution is -0.0293. The first kappa shape index (κ1) is 11.9. The zero-order valence-electron chi connectivity index (χ0n) is 10.0. The van der Waals surface area contributed by atoms with E-state index >= 15 is 0 Å². The van der Waals surface area contributed by atoms with Crippen LogP contribution < -0.4 is 0 Å². The number of amidine groups is 2. The van der Waals surface area contributed by atoms with E-state index in [1.807, 2.05) is 5.01 Å². The summed E-state index contributed by atoms with van der Waals surface area (Å²) in [6.45, 7) is 3.07. The van der Waals surface area contributed by atoms with Crippen molar-refractivity contribution in [3.63, 3.8) is 0 Å². The number of amides is 2. The molecule has 3 rings (SSSR count). The zero-order valence-corrected chi connectivity index (χ0v) is 10.8. The summed E-state index contributed by atoms with van der Waals surface area (Å²) < 4.78 is 5.30. The fourth-order valence-electron chi connectivity index (χ4n) is 2.33. The minimum absolute atomic E-state index is 0.0813. The van der Waals surface area contributed by atoms with E-state index in [0.29, 0.717) is 38.7 Å². The molecular formula is C10H14ClN5O2. The van der Waals surface area contributed by atoms with Gasteiger partial charge in [0.05, 0.1) is 19.8 Å². The van der Waals surface area contributed by atoms with E-state index in [0.717, 1.165) is 0 Å². The van der Waals surface area contributed by atoms with Crippen LogP contribution in [0.5, 0.6) is 0 Å². The third kappa shape index (κ3) is 1.79. The molecule has 7 nitrogen and oxygen atoms in total. The Morgan fingerprint density at radius 1 is 1.39 bits per heavy atom. The quantitative estimate of drug-likeness (QED) is 0.630. The van der Waals surface area contributed by atoms with Crippen LogP contribution in [0.25, 0.3) is 0 Å².